The zero-order valence-electron chi connectivity index (χ0n) is 18.7. The molecule has 2 saturated heterocycles. The maximum atomic E-state index is 13.0. The van der Waals surface area contributed by atoms with E-state index >= 15 is 0 Å². The van der Waals surface area contributed by atoms with Crippen LogP contribution in [0.25, 0.3) is 10.9 Å². The molecule has 0 bridgehead atoms. The number of aromatic amines is 1. The van der Waals surface area contributed by atoms with E-state index in [1.807, 2.05) is 29.3 Å². The number of H-pyrrole nitrogens is 1. The fraction of sp³-hybridized carbons (Fsp3) is 0.591. The molecule has 0 saturated carbocycles. The number of carbonyl (C=O) groups excluding carboxylic acids is 1. The molecule has 31 heavy (non-hydrogen) atoms. The van der Waals surface area contributed by atoms with Crippen LogP contribution in [-0.4, -0.2) is 103 Å². The molecule has 170 valence electrons. The highest BCUT2D eigenvalue weighted by atomic mass is 32.2. The van der Waals surface area contributed by atoms with Crippen molar-refractivity contribution in [1.82, 2.24) is 24.0 Å². The molecule has 2 aliphatic rings. The summed E-state index contributed by atoms with van der Waals surface area (Å²) in [5.41, 5.74) is 2.87. The van der Waals surface area contributed by atoms with Gasteiger partial charge in [0.15, 0.2) is 0 Å². The van der Waals surface area contributed by atoms with Gasteiger partial charge in [-0.3, -0.25) is 14.6 Å². The number of benzene rings is 1. The number of hydrogen-bond acceptors (Lipinski definition) is 5. The second-order valence-corrected chi connectivity index (χ2v) is 10.9. The van der Waals surface area contributed by atoms with Gasteiger partial charge in [0.2, 0.25) is 10.0 Å². The zero-order valence-corrected chi connectivity index (χ0v) is 19.5. The van der Waals surface area contributed by atoms with Crippen LogP contribution in [0.2, 0.25) is 0 Å². The Bertz CT molecular complexity index is 1030. The molecular formula is C22H33N5O3S. The number of amides is 1. The number of nitrogens with zero attached hydrogens (tertiary/aromatic N) is 4. The molecule has 9 heteroatoms. The SMILES string of the molecule is CC(C)N1CCN(C(=O)c2ccc3c(CN4CCN(S(C)(=O)=O)CC4)c[nH]c3c2)CC1. The lowest BCUT2D eigenvalue weighted by Crippen LogP contribution is -2.50. The van der Waals surface area contributed by atoms with Crippen LogP contribution < -0.4 is 0 Å². The van der Waals surface area contributed by atoms with Crippen molar-refractivity contribution in [2.24, 2.45) is 0 Å². The van der Waals surface area contributed by atoms with Gasteiger partial charge < -0.3 is 9.88 Å². The van der Waals surface area contributed by atoms with Crippen molar-refractivity contribution in [2.75, 3.05) is 58.6 Å². The molecule has 1 aromatic heterocycles. The summed E-state index contributed by atoms with van der Waals surface area (Å²) in [6.07, 6.45) is 3.27. The van der Waals surface area contributed by atoms with Crippen molar-refractivity contribution in [3.8, 4) is 0 Å². The van der Waals surface area contributed by atoms with Gasteiger partial charge in [0, 0.05) is 87.6 Å². The zero-order chi connectivity index (χ0) is 22.2. The summed E-state index contributed by atoms with van der Waals surface area (Å²) >= 11 is 0. The third kappa shape index (κ3) is 4.95. The Labute approximate surface area is 184 Å². The molecule has 1 aromatic carbocycles. The minimum Gasteiger partial charge on any atom is -0.361 e. The predicted molar refractivity (Wildman–Crippen MR) is 123 cm³/mol. The summed E-state index contributed by atoms with van der Waals surface area (Å²) in [6, 6.07) is 6.43. The highest BCUT2D eigenvalue weighted by Gasteiger charge is 2.25. The Morgan fingerprint density at radius 1 is 1.03 bits per heavy atom. The molecule has 0 unspecified atom stereocenters. The second kappa shape index (κ2) is 8.90. The van der Waals surface area contributed by atoms with Crippen molar-refractivity contribution < 1.29 is 13.2 Å². The van der Waals surface area contributed by atoms with Gasteiger partial charge in [0.05, 0.1) is 6.26 Å². The van der Waals surface area contributed by atoms with Crippen LogP contribution in [0, 0.1) is 0 Å². The number of hydrogen-bond donors (Lipinski definition) is 1. The number of carbonyl (C=O) groups is 1. The maximum absolute atomic E-state index is 13.0. The van der Waals surface area contributed by atoms with E-state index in [0.717, 1.165) is 62.3 Å². The molecule has 1 amide bonds. The smallest absolute Gasteiger partial charge is 0.254 e. The van der Waals surface area contributed by atoms with Crippen molar-refractivity contribution in [1.29, 1.82) is 0 Å². The van der Waals surface area contributed by atoms with E-state index in [9.17, 15) is 13.2 Å². The minimum absolute atomic E-state index is 0.0957. The third-order valence-corrected chi connectivity index (χ3v) is 7.84. The molecule has 4 rings (SSSR count). The number of aromatic nitrogens is 1. The quantitative estimate of drug-likeness (QED) is 0.750. The van der Waals surface area contributed by atoms with Gasteiger partial charge in [-0.25, -0.2) is 8.42 Å². The van der Waals surface area contributed by atoms with E-state index in [1.165, 1.54) is 16.1 Å². The Morgan fingerprint density at radius 3 is 2.32 bits per heavy atom. The standard InChI is InChI=1S/C22H33N5O3S/c1-17(2)25-8-10-26(11-9-25)22(28)18-4-5-20-19(15-23-21(20)14-18)16-24-6-12-27(13-7-24)31(3,29)30/h4-5,14-15,17,23H,6-13,16H2,1-3H3. The number of sulfonamides is 1. The summed E-state index contributed by atoms with van der Waals surface area (Å²) in [7, 11) is -3.11. The Morgan fingerprint density at radius 2 is 1.71 bits per heavy atom. The Balaban J connectivity index is 1.40. The number of piperazine rings is 2. The van der Waals surface area contributed by atoms with E-state index in [1.54, 1.807) is 0 Å². The molecule has 3 heterocycles. The number of rotatable bonds is 5. The van der Waals surface area contributed by atoms with Crippen LogP contribution in [0.15, 0.2) is 24.4 Å². The van der Waals surface area contributed by atoms with E-state index < -0.39 is 10.0 Å². The van der Waals surface area contributed by atoms with E-state index in [2.05, 4.69) is 28.6 Å². The van der Waals surface area contributed by atoms with Crippen LogP contribution in [0.4, 0.5) is 0 Å². The number of nitrogens with one attached hydrogen (secondary N) is 1. The van der Waals surface area contributed by atoms with Gasteiger partial charge in [-0.05, 0) is 31.5 Å². The van der Waals surface area contributed by atoms with Crippen molar-refractivity contribution >= 4 is 26.8 Å². The van der Waals surface area contributed by atoms with Crippen LogP contribution in [0.5, 0.6) is 0 Å². The first-order chi connectivity index (χ1) is 14.7. The minimum atomic E-state index is -3.11. The first kappa shape index (κ1) is 22.3. The normalized spacial score (nSPS) is 20.1. The van der Waals surface area contributed by atoms with E-state index in [0.29, 0.717) is 19.1 Å². The monoisotopic (exact) mass is 447 g/mol. The average Bonchev–Trinajstić information content (AvgIpc) is 3.15. The fourth-order valence-corrected chi connectivity index (χ4v) is 5.36. The van der Waals surface area contributed by atoms with Crippen molar-refractivity contribution in [2.45, 2.75) is 26.4 Å². The van der Waals surface area contributed by atoms with Crippen LogP contribution in [0.1, 0.15) is 29.8 Å². The van der Waals surface area contributed by atoms with Crippen LogP contribution in [-0.2, 0) is 16.6 Å². The van der Waals surface area contributed by atoms with Gasteiger partial charge in [-0.1, -0.05) is 6.07 Å². The summed E-state index contributed by atoms with van der Waals surface area (Å²) in [5, 5.41) is 1.12. The number of fused-ring (bicyclic) bond motifs is 1. The lowest BCUT2D eigenvalue weighted by molar-refractivity contribution is 0.0595. The molecular weight excluding hydrogens is 414 g/mol. The summed E-state index contributed by atoms with van der Waals surface area (Å²) in [5.74, 6) is 0.0957. The molecule has 2 aliphatic heterocycles. The summed E-state index contributed by atoms with van der Waals surface area (Å²) in [6.45, 7) is 11.0. The highest BCUT2D eigenvalue weighted by molar-refractivity contribution is 7.88. The van der Waals surface area contributed by atoms with Crippen molar-refractivity contribution in [3.05, 3.63) is 35.5 Å². The second-order valence-electron chi connectivity index (χ2n) is 8.93. The van der Waals surface area contributed by atoms with Gasteiger partial charge >= 0.3 is 0 Å². The Hall–Kier alpha value is -1.94. The summed E-state index contributed by atoms with van der Waals surface area (Å²) < 4.78 is 24.9. The molecule has 0 aliphatic carbocycles. The van der Waals surface area contributed by atoms with Gasteiger partial charge in [-0.2, -0.15) is 4.31 Å². The molecule has 8 nitrogen and oxygen atoms in total. The van der Waals surface area contributed by atoms with Crippen molar-refractivity contribution in [3.63, 3.8) is 0 Å². The van der Waals surface area contributed by atoms with Gasteiger partial charge in [-0.15, -0.1) is 0 Å². The van der Waals surface area contributed by atoms with E-state index in [4.69, 9.17) is 0 Å². The molecule has 2 fully saturated rings. The maximum Gasteiger partial charge on any atom is 0.254 e. The van der Waals surface area contributed by atoms with Gasteiger partial charge in [0.1, 0.15) is 0 Å². The summed E-state index contributed by atoms with van der Waals surface area (Å²) in [4.78, 5) is 22.9. The molecule has 1 N–H and O–H groups in total. The Kier molecular flexibility index (Phi) is 6.39. The predicted octanol–water partition coefficient (Wildman–Crippen LogP) is 1.41. The lowest BCUT2D eigenvalue weighted by atomic mass is 10.1. The molecule has 0 spiro atoms. The first-order valence-electron chi connectivity index (χ1n) is 11.0. The fourth-order valence-electron chi connectivity index (χ4n) is 4.53. The topological polar surface area (TPSA) is 80.0 Å². The third-order valence-electron chi connectivity index (χ3n) is 6.54. The average molecular weight is 448 g/mol. The molecule has 0 radical (unpaired) electrons. The highest BCUT2D eigenvalue weighted by Crippen LogP contribution is 2.23. The largest absolute Gasteiger partial charge is 0.361 e. The van der Waals surface area contributed by atoms with E-state index in [-0.39, 0.29) is 5.91 Å². The molecule has 0 atom stereocenters. The first-order valence-corrected chi connectivity index (χ1v) is 12.9. The lowest BCUT2D eigenvalue weighted by Gasteiger charge is -2.37. The van der Waals surface area contributed by atoms with Gasteiger partial charge in [0.25, 0.3) is 5.91 Å². The molecule has 2 aromatic rings. The van der Waals surface area contributed by atoms with Crippen LogP contribution in [0.3, 0.4) is 0 Å². The van der Waals surface area contributed by atoms with Crippen LogP contribution >= 0.6 is 0 Å².